The number of rotatable bonds is 4. The van der Waals surface area contributed by atoms with E-state index in [4.69, 9.17) is 4.74 Å². The van der Waals surface area contributed by atoms with Crippen LogP contribution in [0.2, 0.25) is 0 Å². The molecule has 0 fully saturated rings. The summed E-state index contributed by atoms with van der Waals surface area (Å²) in [5.41, 5.74) is 1.44. The molecular weight excluding hydrogens is 370 g/mol. The van der Waals surface area contributed by atoms with Crippen LogP contribution in [0.15, 0.2) is 65.9 Å². The van der Waals surface area contributed by atoms with Crippen molar-refractivity contribution in [1.82, 2.24) is 0 Å². The van der Waals surface area contributed by atoms with E-state index in [0.717, 1.165) is 0 Å². The zero-order valence-electron chi connectivity index (χ0n) is 16.3. The van der Waals surface area contributed by atoms with E-state index in [9.17, 15) is 19.7 Å². The molecule has 1 heterocycles. The Bertz CT molecular complexity index is 1020. The molecule has 0 spiro atoms. The van der Waals surface area contributed by atoms with E-state index in [1.54, 1.807) is 36.4 Å². The molecule has 6 nitrogen and oxygen atoms in total. The highest BCUT2D eigenvalue weighted by Gasteiger charge is 2.49. The number of carbonyl (C=O) groups excluding carboxylic acids is 2. The van der Waals surface area contributed by atoms with E-state index < -0.39 is 16.9 Å². The number of benzene rings is 2. The van der Waals surface area contributed by atoms with Crippen molar-refractivity contribution in [2.75, 3.05) is 0 Å². The van der Waals surface area contributed by atoms with Gasteiger partial charge in [0.1, 0.15) is 5.76 Å². The van der Waals surface area contributed by atoms with Gasteiger partial charge < -0.3 is 4.74 Å². The first kappa shape index (κ1) is 19.1. The lowest BCUT2D eigenvalue weighted by Crippen LogP contribution is -2.29. The molecule has 0 saturated heterocycles. The Morgan fingerprint density at radius 3 is 2.34 bits per heavy atom. The van der Waals surface area contributed by atoms with Crippen LogP contribution < -0.4 is 0 Å². The third-order valence-electron chi connectivity index (χ3n) is 5.54. The summed E-state index contributed by atoms with van der Waals surface area (Å²) in [7, 11) is 0. The van der Waals surface area contributed by atoms with E-state index in [0.29, 0.717) is 35.3 Å². The third kappa shape index (κ3) is 3.46. The molecule has 29 heavy (non-hydrogen) atoms. The topological polar surface area (TPSA) is 86.5 Å². The van der Waals surface area contributed by atoms with Crippen LogP contribution in [-0.4, -0.2) is 22.6 Å². The van der Waals surface area contributed by atoms with Gasteiger partial charge in [-0.1, -0.05) is 56.3 Å². The molecule has 2 aromatic rings. The molecule has 0 saturated carbocycles. The fraction of sp³-hybridized carbons (Fsp3) is 0.304. The zero-order valence-corrected chi connectivity index (χ0v) is 16.3. The van der Waals surface area contributed by atoms with Gasteiger partial charge in [-0.3, -0.25) is 19.7 Å². The molecule has 2 atom stereocenters. The number of ether oxygens (including phenoxy) is 1. The van der Waals surface area contributed by atoms with Crippen LogP contribution in [0.3, 0.4) is 0 Å². The Morgan fingerprint density at radius 1 is 1.07 bits per heavy atom. The Labute approximate surface area is 168 Å². The van der Waals surface area contributed by atoms with Crippen molar-refractivity contribution in [3.8, 4) is 0 Å². The summed E-state index contributed by atoms with van der Waals surface area (Å²) in [5.74, 6) is -0.220. The zero-order chi connectivity index (χ0) is 20.8. The summed E-state index contributed by atoms with van der Waals surface area (Å²) in [6.07, 6.45) is 0.0998. The second kappa shape index (κ2) is 6.95. The van der Waals surface area contributed by atoms with E-state index >= 15 is 0 Å². The predicted molar refractivity (Wildman–Crippen MR) is 107 cm³/mol. The molecule has 0 N–H and O–H groups in total. The van der Waals surface area contributed by atoms with Crippen LogP contribution in [-0.2, 0) is 9.53 Å². The summed E-state index contributed by atoms with van der Waals surface area (Å²) in [5, 5.41) is 11.0. The first-order valence-corrected chi connectivity index (χ1v) is 9.53. The lowest BCUT2D eigenvalue weighted by Gasteiger charge is -2.29. The molecule has 0 radical (unpaired) electrons. The Balaban J connectivity index is 1.78. The number of nitro benzene ring substituents is 1. The van der Waals surface area contributed by atoms with Crippen LogP contribution in [0.25, 0.3) is 0 Å². The fourth-order valence-corrected chi connectivity index (χ4v) is 4.22. The highest BCUT2D eigenvalue weighted by molar-refractivity contribution is 6.05. The average Bonchev–Trinajstić information content (AvgIpc) is 3.06. The lowest BCUT2D eigenvalue weighted by atomic mass is 9.72. The minimum absolute atomic E-state index is 0.0250. The maximum atomic E-state index is 13.2. The fourth-order valence-electron chi connectivity index (χ4n) is 4.22. The molecule has 0 amide bonds. The van der Waals surface area contributed by atoms with Gasteiger partial charge >= 0.3 is 0 Å². The molecule has 0 bridgehead atoms. The van der Waals surface area contributed by atoms with E-state index in [2.05, 4.69) is 0 Å². The van der Waals surface area contributed by atoms with Crippen LogP contribution in [0.1, 0.15) is 48.5 Å². The van der Waals surface area contributed by atoms with E-state index in [1.165, 1.54) is 12.1 Å². The Kier molecular flexibility index (Phi) is 4.57. The monoisotopic (exact) mass is 391 g/mol. The third-order valence-corrected chi connectivity index (χ3v) is 5.54. The summed E-state index contributed by atoms with van der Waals surface area (Å²) in [6, 6.07) is 14.9. The van der Waals surface area contributed by atoms with Crippen molar-refractivity contribution in [2.45, 2.75) is 38.7 Å². The molecule has 1 aliphatic carbocycles. The molecule has 1 aliphatic heterocycles. The number of nitro groups is 1. The van der Waals surface area contributed by atoms with Crippen molar-refractivity contribution in [1.29, 1.82) is 0 Å². The van der Waals surface area contributed by atoms with E-state index in [1.807, 2.05) is 19.9 Å². The number of allylic oxidation sites excluding steroid dienone is 1. The summed E-state index contributed by atoms with van der Waals surface area (Å²) >= 11 is 0. The maximum Gasteiger partial charge on any atom is 0.269 e. The normalized spacial score (nSPS) is 22.8. The largest absolute Gasteiger partial charge is 0.485 e. The van der Waals surface area contributed by atoms with Gasteiger partial charge in [-0.2, -0.15) is 0 Å². The second-order valence-corrected chi connectivity index (χ2v) is 8.37. The molecule has 0 aromatic heterocycles. The van der Waals surface area contributed by atoms with Crippen molar-refractivity contribution in [3.05, 3.63) is 87.2 Å². The summed E-state index contributed by atoms with van der Waals surface area (Å²) < 4.78 is 6.11. The average molecular weight is 391 g/mol. The Morgan fingerprint density at radius 2 is 1.72 bits per heavy atom. The minimum atomic E-state index is -0.860. The highest BCUT2D eigenvalue weighted by Crippen LogP contribution is 2.49. The number of hydrogen-bond donors (Lipinski definition) is 0. The van der Waals surface area contributed by atoms with Gasteiger partial charge in [0, 0.05) is 36.1 Å². The first-order chi connectivity index (χ1) is 13.8. The predicted octanol–water partition coefficient (Wildman–Crippen LogP) is 4.60. The number of carbonyl (C=O) groups is 2. The van der Waals surface area contributed by atoms with Crippen molar-refractivity contribution >= 4 is 17.3 Å². The van der Waals surface area contributed by atoms with Crippen LogP contribution in [0, 0.1) is 15.5 Å². The number of nitrogens with zero attached hydrogens (tertiary/aromatic N) is 1. The van der Waals surface area contributed by atoms with Crippen LogP contribution in [0.5, 0.6) is 0 Å². The van der Waals surface area contributed by atoms with Gasteiger partial charge in [0.25, 0.3) is 5.69 Å². The SMILES string of the molecule is CC1(C)CC(=O)C2=C(C1)O[C@H](C(=O)c1ccccc1)[C@H]2c1ccc([N+](=O)[O-])cc1. The van der Waals surface area contributed by atoms with Gasteiger partial charge in [-0.05, 0) is 11.0 Å². The quantitative estimate of drug-likeness (QED) is 0.432. The molecule has 148 valence electrons. The summed E-state index contributed by atoms with van der Waals surface area (Å²) in [4.78, 5) is 36.8. The van der Waals surface area contributed by atoms with Crippen molar-refractivity contribution in [2.24, 2.45) is 5.41 Å². The van der Waals surface area contributed by atoms with Crippen molar-refractivity contribution in [3.63, 3.8) is 0 Å². The van der Waals surface area contributed by atoms with Gasteiger partial charge in [0.2, 0.25) is 5.78 Å². The maximum absolute atomic E-state index is 13.2. The minimum Gasteiger partial charge on any atom is -0.485 e. The highest BCUT2D eigenvalue weighted by atomic mass is 16.6. The number of non-ortho nitro benzene ring substituents is 1. The van der Waals surface area contributed by atoms with Crippen LogP contribution >= 0.6 is 0 Å². The van der Waals surface area contributed by atoms with Gasteiger partial charge in [0.15, 0.2) is 11.9 Å². The first-order valence-electron chi connectivity index (χ1n) is 9.53. The molecule has 6 heteroatoms. The second-order valence-electron chi connectivity index (χ2n) is 8.37. The Hall–Kier alpha value is -3.28. The molecule has 0 unspecified atom stereocenters. The molecule has 2 aromatic carbocycles. The lowest BCUT2D eigenvalue weighted by molar-refractivity contribution is -0.384. The van der Waals surface area contributed by atoms with E-state index in [-0.39, 0.29) is 22.7 Å². The molecule has 2 aliphatic rings. The number of Topliss-reactive ketones (excluding diaryl/α,β-unsaturated/α-hetero) is 2. The van der Waals surface area contributed by atoms with Gasteiger partial charge in [-0.15, -0.1) is 0 Å². The van der Waals surface area contributed by atoms with Crippen LogP contribution in [0.4, 0.5) is 5.69 Å². The van der Waals surface area contributed by atoms with Gasteiger partial charge in [0.05, 0.1) is 10.8 Å². The standard InChI is InChI=1S/C23H21NO5/c1-23(2)12-17(25)20-18(13-23)29-22(21(26)15-6-4-3-5-7-15)19(20)14-8-10-16(11-9-14)24(27)28/h3-11,19,22H,12-13H2,1-2H3/t19-,22-/m0/s1. The summed E-state index contributed by atoms with van der Waals surface area (Å²) in [6.45, 7) is 4.01. The smallest absolute Gasteiger partial charge is 0.269 e. The number of ketones is 2. The molecular formula is C23H21NO5. The van der Waals surface area contributed by atoms with Gasteiger partial charge in [-0.25, -0.2) is 0 Å². The number of hydrogen-bond acceptors (Lipinski definition) is 5. The molecule has 4 rings (SSSR count). The van der Waals surface area contributed by atoms with Crippen molar-refractivity contribution < 1.29 is 19.2 Å².